The fourth-order valence-electron chi connectivity index (χ4n) is 17.5. The summed E-state index contributed by atoms with van der Waals surface area (Å²) in [5.74, 6) is 5.70. The van der Waals surface area contributed by atoms with E-state index in [1.54, 1.807) is 81.2 Å². The SMILES string of the molecule is COC(=O)c1cnc(OC)c(C2CC(=O)C2)c1.COc1ncc(C)cc1C1CC(O)(c2ccc(OCc3c(-c4c(Cl)cc(F)cc4Cl)noc3C3CC3)cc2Cl)C1.COc1ncccc1C1CC(O)(c2ccc(OCc3c(-c4c(Cl)cc(F)cc4Cl)noc3C3CC3)cc2Cl)C1.Fc1cc(Cl)c(-c2noc(C3CC3)c2CCl)c(Cl)c1.Fc1cc(Cl)c(-c2noc(C3CC3)c2COc2ccc(Br)c(Cl)c2)c(Cl)c1.O=C=O.O=C=O. The van der Waals surface area contributed by atoms with E-state index < -0.39 is 40.4 Å². The molecule has 26 nitrogen and oxygen atoms in total. The van der Waals surface area contributed by atoms with Crippen molar-refractivity contribution in [2.24, 2.45) is 0 Å². The highest BCUT2D eigenvalue weighted by Gasteiger charge is 2.49. The van der Waals surface area contributed by atoms with Gasteiger partial charge in [-0.1, -0.05) is 166 Å². The van der Waals surface area contributed by atoms with E-state index in [1.165, 1.54) is 68.9 Å². The van der Waals surface area contributed by atoms with Crippen LogP contribution in [0.5, 0.6) is 34.9 Å². The fraction of sp³-hybridized carbons (Fsp3) is 0.305. The Morgan fingerprint density at radius 2 is 0.730 bits per heavy atom. The number of nitrogens with zero attached hydrogens (tertiary/aromatic N) is 7. The monoisotopic (exact) mass is 2320 g/mol. The number of carbonyl (C=O) groups is 2. The van der Waals surface area contributed by atoms with Crippen molar-refractivity contribution in [1.82, 2.24) is 35.6 Å². The van der Waals surface area contributed by atoms with Crippen molar-refractivity contribution in [2.45, 2.75) is 175 Å². The molecule has 2 N–H and O–H groups in total. The van der Waals surface area contributed by atoms with Crippen molar-refractivity contribution in [3.8, 4) is 79.9 Å². The minimum absolute atomic E-state index is 0.106. The predicted octanol–water partition coefficient (Wildman–Crippen LogP) is 29.7. The molecule has 148 heavy (non-hydrogen) atoms. The van der Waals surface area contributed by atoms with Crippen molar-refractivity contribution < 1.29 is 108 Å². The second-order valence-electron chi connectivity index (χ2n) is 35.5. The lowest BCUT2D eigenvalue weighted by Gasteiger charge is -2.44. The molecule has 7 aliphatic rings. The number of carbonyl (C=O) groups excluding carboxylic acids is 6. The number of rotatable bonds is 27. The number of aryl methyl sites for hydroxylation is 1. The highest BCUT2D eigenvalue weighted by atomic mass is 79.9. The third-order valence-electron chi connectivity index (χ3n) is 25.4. The summed E-state index contributed by atoms with van der Waals surface area (Å²) in [5, 5.41) is 42.0. The summed E-state index contributed by atoms with van der Waals surface area (Å²) in [6, 6.07) is 33.0. The molecule has 43 heteroatoms. The van der Waals surface area contributed by atoms with Gasteiger partial charge in [0.1, 0.15) is 112 Å². The Morgan fingerprint density at radius 1 is 0.412 bits per heavy atom. The second kappa shape index (κ2) is 49.0. The number of aliphatic hydroxyl groups is 2. The van der Waals surface area contributed by atoms with Crippen LogP contribution in [0.25, 0.3) is 45.0 Å². The lowest BCUT2D eigenvalue weighted by atomic mass is 9.65. The van der Waals surface area contributed by atoms with E-state index in [9.17, 15) is 37.4 Å². The van der Waals surface area contributed by atoms with E-state index in [-0.39, 0.29) is 114 Å². The van der Waals surface area contributed by atoms with Crippen LogP contribution in [0.3, 0.4) is 0 Å². The first-order valence-electron chi connectivity index (χ1n) is 45.6. The molecule has 21 rings (SSSR count). The average molecular weight is 2330 g/mol. The molecule has 7 fully saturated rings. The van der Waals surface area contributed by atoms with E-state index in [0.29, 0.717) is 185 Å². The molecule has 0 saturated heterocycles. The van der Waals surface area contributed by atoms with Gasteiger partial charge in [-0.3, -0.25) is 4.79 Å². The highest BCUT2D eigenvalue weighted by Crippen LogP contribution is 2.58. The molecule has 7 saturated carbocycles. The molecule has 7 aromatic carbocycles. The van der Waals surface area contributed by atoms with Gasteiger partial charge in [0.2, 0.25) is 17.6 Å². The first-order valence-corrected chi connectivity index (χ1v) is 51.1. The molecule has 14 aromatic rings. The van der Waals surface area contributed by atoms with Crippen molar-refractivity contribution in [3.05, 3.63) is 313 Å². The van der Waals surface area contributed by atoms with Gasteiger partial charge in [-0.15, -0.1) is 11.6 Å². The number of ether oxygens (including phenoxy) is 7. The molecular weight excluding hydrogens is 2240 g/mol. The lowest BCUT2D eigenvalue weighted by molar-refractivity contribution is -0.193. The normalized spacial score (nSPS) is 17.2. The van der Waals surface area contributed by atoms with Gasteiger partial charge in [-0.25, -0.2) is 37.3 Å². The first kappa shape index (κ1) is 111. The van der Waals surface area contributed by atoms with Crippen molar-refractivity contribution in [3.63, 3.8) is 0 Å². The maximum atomic E-state index is 13.8. The Hall–Kier alpha value is -10.9. The van der Waals surface area contributed by atoms with Crippen LogP contribution >= 0.6 is 155 Å². The largest absolute Gasteiger partial charge is 0.489 e. The Morgan fingerprint density at radius 3 is 1.05 bits per heavy atom. The van der Waals surface area contributed by atoms with E-state index >= 15 is 0 Å². The number of esters is 1. The summed E-state index contributed by atoms with van der Waals surface area (Å²) in [6.07, 6.45) is 16.5. The average Bonchev–Trinajstić information content (AvgIpc) is 1.30. The van der Waals surface area contributed by atoms with E-state index in [4.69, 9.17) is 205 Å². The Labute approximate surface area is 911 Å². The summed E-state index contributed by atoms with van der Waals surface area (Å²) in [6.45, 7) is 2.43. The molecule has 0 amide bonds. The molecule has 772 valence electrons. The molecular formula is C105H84BrCl12F4N7O19. The van der Waals surface area contributed by atoms with Crippen LogP contribution in [0, 0.1) is 30.2 Å². The Bertz CT molecular complexity index is 7250. The summed E-state index contributed by atoms with van der Waals surface area (Å²) in [4.78, 5) is 67.6. The molecule has 7 aromatic heterocycles. The molecule has 0 unspecified atom stereocenters. The van der Waals surface area contributed by atoms with Crippen molar-refractivity contribution >= 4 is 179 Å². The van der Waals surface area contributed by atoms with E-state index in [2.05, 4.69) is 62.3 Å². The number of alkyl halides is 1. The van der Waals surface area contributed by atoms with Crippen LogP contribution in [0.4, 0.5) is 17.6 Å². The third-order valence-corrected chi connectivity index (χ3v) is 29.9. The Balaban J connectivity index is 0.000000141. The van der Waals surface area contributed by atoms with Crippen LogP contribution in [-0.2, 0) is 65.6 Å². The summed E-state index contributed by atoms with van der Waals surface area (Å²) < 4.78 is 116. The third kappa shape index (κ3) is 25.9. The summed E-state index contributed by atoms with van der Waals surface area (Å²) >= 11 is 78.7. The predicted molar refractivity (Wildman–Crippen MR) is 547 cm³/mol. The van der Waals surface area contributed by atoms with Gasteiger partial charge < -0.3 is 61.5 Å². The van der Waals surface area contributed by atoms with Gasteiger partial charge in [0, 0.05) is 121 Å². The minimum atomic E-state index is -1.06. The lowest BCUT2D eigenvalue weighted by Crippen LogP contribution is -2.40. The molecule has 7 aliphatic carbocycles. The molecule has 0 atom stereocenters. The standard InChI is InChI=1S/C30H26Cl3FN2O4.C29H24Cl3FN2O4.C19H12BrCl3FNO2.C13H9Cl3FNO.C12H13NO4.2CO2/c1-15-7-20(29(38-2)35-13-15)17-11-30(37,12-17)22-6-5-19(10-23(22)31)39-14-21-27(36-40-28(21)16-3-4-16)26-24(32)8-18(34)9-25(26)33;1-37-28-19(3-2-8-34-28)16-12-29(36,13-16)21-7-6-18(11-22(21)30)38-14-20-26(35-39-27(20)15-4-5-15)25-23(31)9-17(33)10-24(25)32;20-13-4-3-11(7-14(13)21)26-8-12-18(25-27-19(12)9-1-2-9)17-15(22)5-10(24)6-16(17)23;14-5-8-12(18-19-13(8)6-1-2-6)11-9(15)3-7(17)4-10(11)16;1-16-11-10(7-3-9(14)4-7)5-8(6-13-11)12(15)17-2;2*2-1-3/h5-10,13,16-17,37H,3-4,11-12,14H2,1-2H3;2-3,6-11,15-16,36H,4-5,12-14H2,1H3;3-7,9H,1-2,8H2;3-4,6H,1-2,5H2;5-7H,3-4H2,1-2H3;;. The molecule has 0 spiro atoms. The molecule has 0 aliphatic heterocycles. The number of pyridine rings is 3. The van der Waals surface area contributed by atoms with Crippen LogP contribution in [-0.4, -0.2) is 98.3 Å². The summed E-state index contributed by atoms with van der Waals surface area (Å²) in [7, 11) is 6.02. The van der Waals surface area contributed by atoms with Gasteiger partial charge in [-0.05, 0) is 226 Å². The number of hydrogen-bond acceptors (Lipinski definition) is 26. The quantitative estimate of drug-likeness (QED) is 0.0274. The topological polar surface area (TPSA) is 350 Å². The van der Waals surface area contributed by atoms with Crippen LogP contribution < -0.4 is 28.4 Å². The number of halogens is 17. The van der Waals surface area contributed by atoms with E-state index in [0.717, 1.165) is 101 Å². The number of hydrogen-bond donors (Lipinski definition) is 2. The molecule has 0 radical (unpaired) electrons. The van der Waals surface area contributed by atoms with Crippen LogP contribution in [0.2, 0.25) is 55.2 Å². The zero-order valence-electron chi connectivity index (χ0n) is 78.5. The van der Waals surface area contributed by atoms with Gasteiger partial charge in [0.25, 0.3) is 0 Å². The number of benzene rings is 7. The number of Topliss-reactive ketones (excluding diaryl/α,β-unsaturated/α-hetero) is 1. The van der Waals surface area contributed by atoms with Gasteiger partial charge in [0.15, 0.2) is 0 Å². The van der Waals surface area contributed by atoms with Gasteiger partial charge in [-0.2, -0.15) is 19.2 Å². The zero-order valence-corrected chi connectivity index (χ0v) is 89.2. The molecule has 0 bridgehead atoms. The zero-order chi connectivity index (χ0) is 106. The number of methoxy groups -OCH3 is 4. The molecule has 7 heterocycles. The first-order chi connectivity index (χ1) is 71.0. The van der Waals surface area contributed by atoms with Crippen molar-refractivity contribution in [1.29, 1.82) is 0 Å². The van der Waals surface area contributed by atoms with Crippen LogP contribution in [0.15, 0.2) is 169 Å². The second-order valence-corrected chi connectivity index (χ2v) is 41.1. The minimum Gasteiger partial charge on any atom is -0.489 e. The van der Waals surface area contributed by atoms with Gasteiger partial charge in [0.05, 0.1) is 123 Å². The number of aromatic nitrogens is 7. The van der Waals surface area contributed by atoms with Crippen LogP contribution in [0.1, 0.15) is 220 Å². The fourth-order valence-corrected chi connectivity index (χ4v) is 21.4. The highest BCUT2D eigenvalue weighted by molar-refractivity contribution is 9.10. The smallest absolute Gasteiger partial charge is 0.373 e. The Kier molecular flexibility index (Phi) is 36.9. The van der Waals surface area contributed by atoms with Gasteiger partial charge >= 0.3 is 18.3 Å². The maximum absolute atomic E-state index is 13.8. The number of ketones is 1. The van der Waals surface area contributed by atoms with E-state index in [1.807, 2.05) is 25.1 Å². The van der Waals surface area contributed by atoms with Crippen molar-refractivity contribution in [2.75, 3.05) is 28.4 Å². The maximum Gasteiger partial charge on any atom is 0.373 e. The summed E-state index contributed by atoms with van der Waals surface area (Å²) in [5.41, 5.74) is 9.83.